The number of nitrogens with zero attached hydrogens (tertiary/aromatic N) is 5. The molecule has 0 aliphatic rings. The molecule has 1 aromatic carbocycles. The van der Waals surface area contributed by atoms with Gasteiger partial charge in [-0.1, -0.05) is 43.0 Å². The minimum Gasteiger partial charge on any atom is -0.350 e. The SMILES string of the molecule is CCc1ccc(-c2cn3c(C(=O)NCCSc4nncn4C)csc3n2)cc1. The molecular formula is C19H20N6OS2. The molecule has 3 aromatic heterocycles. The number of imidazole rings is 1. The highest BCUT2D eigenvalue weighted by molar-refractivity contribution is 7.99. The van der Waals surface area contributed by atoms with Crippen LogP contribution in [0.1, 0.15) is 23.0 Å². The number of nitrogens with one attached hydrogen (secondary N) is 1. The van der Waals surface area contributed by atoms with Crippen LogP contribution in [-0.2, 0) is 13.5 Å². The number of aryl methyl sites for hydroxylation is 2. The number of amides is 1. The van der Waals surface area contributed by atoms with Crippen molar-refractivity contribution in [1.29, 1.82) is 0 Å². The second kappa shape index (κ2) is 8.15. The van der Waals surface area contributed by atoms with E-state index in [2.05, 4.69) is 51.7 Å². The van der Waals surface area contributed by atoms with Gasteiger partial charge in [0.05, 0.1) is 5.69 Å². The normalized spacial score (nSPS) is 11.2. The number of thioether (sulfide) groups is 1. The summed E-state index contributed by atoms with van der Waals surface area (Å²) in [7, 11) is 1.90. The fourth-order valence-electron chi connectivity index (χ4n) is 2.80. The molecule has 28 heavy (non-hydrogen) atoms. The number of hydrogen-bond donors (Lipinski definition) is 1. The van der Waals surface area contributed by atoms with E-state index in [1.54, 1.807) is 18.1 Å². The van der Waals surface area contributed by atoms with Gasteiger partial charge in [0.2, 0.25) is 0 Å². The Bertz CT molecular complexity index is 1100. The molecule has 4 rings (SSSR count). The summed E-state index contributed by atoms with van der Waals surface area (Å²) in [5, 5.41) is 13.5. The molecule has 1 amide bonds. The van der Waals surface area contributed by atoms with E-state index in [0.29, 0.717) is 12.2 Å². The summed E-state index contributed by atoms with van der Waals surface area (Å²) in [5.41, 5.74) is 3.83. The number of fused-ring (bicyclic) bond motifs is 1. The van der Waals surface area contributed by atoms with Crippen LogP contribution in [0.25, 0.3) is 16.2 Å². The molecule has 0 aliphatic heterocycles. The van der Waals surface area contributed by atoms with E-state index >= 15 is 0 Å². The summed E-state index contributed by atoms with van der Waals surface area (Å²) in [6.45, 7) is 2.69. The Morgan fingerprint density at radius 1 is 1.29 bits per heavy atom. The predicted octanol–water partition coefficient (Wildman–Crippen LogP) is 3.28. The molecule has 0 saturated carbocycles. The summed E-state index contributed by atoms with van der Waals surface area (Å²) in [4.78, 5) is 18.1. The maximum atomic E-state index is 12.6. The Balaban J connectivity index is 1.42. The molecule has 144 valence electrons. The van der Waals surface area contributed by atoms with Crippen LogP contribution in [0.5, 0.6) is 0 Å². The number of aromatic nitrogens is 5. The fourth-order valence-corrected chi connectivity index (χ4v) is 4.39. The third kappa shape index (κ3) is 3.81. The van der Waals surface area contributed by atoms with Gasteiger partial charge in [0, 0.05) is 36.5 Å². The lowest BCUT2D eigenvalue weighted by atomic mass is 10.1. The second-order valence-electron chi connectivity index (χ2n) is 6.28. The second-order valence-corrected chi connectivity index (χ2v) is 8.18. The van der Waals surface area contributed by atoms with Crippen LogP contribution in [0.15, 0.2) is 47.3 Å². The number of rotatable bonds is 7. The van der Waals surface area contributed by atoms with E-state index in [4.69, 9.17) is 0 Å². The van der Waals surface area contributed by atoms with Gasteiger partial charge in [0.25, 0.3) is 5.91 Å². The topological polar surface area (TPSA) is 77.1 Å². The standard InChI is InChI=1S/C19H20N6OS2/c1-3-13-4-6-14(7-5-13)15-10-25-16(11-28-18(25)22-15)17(26)20-8-9-27-19-23-21-12-24(19)2/h4-7,10-12H,3,8-9H2,1-2H3,(H,20,26). The van der Waals surface area contributed by atoms with E-state index < -0.39 is 0 Å². The zero-order valence-electron chi connectivity index (χ0n) is 15.6. The molecule has 0 atom stereocenters. The van der Waals surface area contributed by atoms with Crippen molar-refractivity contribution in [1.82, 2.24) is 29.5 Å². The van der Waals surface area contributed by atoms with Gasteiger partial charge in [-0.15, -0.1) is 21.5 Å². The van der Waals surface area contributed by atoms with E-state index in [1.165, 1.54) is 16.9 Å². The van der Waals surface area contributed by atoms with Crippen LogP contribution in [0, 0.1) is 0 Å². The molecule has 3 heterocycles. The highest BCUT2D eigenvalue weighted by atomic mass is 32.2. The van der Waals surface area contributed by atoms with Gasteiger partial charge in [-0.25, -0.2) is 4.98 Å². The molecule has 7 nitrogen and oxygen atoms in total. The van der Waals surface area contributed by atoms with E-state index in [1.807, 2.05) is 27.6 Å². The molecule has 0 saturated heterocycles. The minimum atomic E-state index is -0.102. The first-order valence-electron chi connectivity index (χ1n) is 8.96. The zero-order chi connectivity index (χ0) is 19.5. The maximum Gasteiger partial charge on any atom is 0.269 e. The predicted molar refractivity (Wildman–Crippen MR) is 112 cm³/mol. The Morgan fingerprint density at radius 3 is 2.82 bits per heavy atom. The first kappa shape index (κ1) is 18.7. The van der Waals surface area contributed by atoms with Crippen LogP contribution in [-0.4, -0.2) is 42.4 Å². The van der Waals surface area contributed by atoms with Gasteiger partial charge < -0.3 is 9.88 Å². The molecular weight excluding hydrogens is 392 g/mol. The Hall–Kier alpha value is -2.65. The minimum absolute atomic E-state index is 0.102. The smallest absolute Gasteiger partial charge is 0.269 e. The van der Waals surface area contributed by atoms with Crippen LogP contribution in [0.2, 0.25) is 0 Å². The largest absolute Gasteiger partial charge is 0.350 e. The van der Waals surface area contributed by atoms with Crippen LogP contribution >= 0.6 is 23.1 Å². The van der Waals surface area contributed by atoms with Gasteiger partial charge in [0.1, 0.15) is 12.0 Å². The molecule has 9 heteroatoms. The summed E-state index contributed by atoms with van der Waals surface area (Å²) in [5.74, 6) is 0.625. The van der Waals surface area contributed by atoms with Gasteiger partial charge in [-0.05, 0) is 12.0 Å². The molecule has 1 N–H and O–H groups in total. The zero-order valence-corrected chi connectivity index (χ0v) is 17.3. The lowest BCUT2D eigenvalue weighted by Crippen LogP contribution is -2.26. The summed E-state index contributed by atoms with van der Waals surface area (Å²) in [6.07, 6.45) is 4.60. The lowest BCUT2D eigenvalue weighted by molar-refractivity contribution is 0.0950. The third-order valence-electron chi connectivity index (χ3n) is 4.39. The average Bonchev–Trinajstić information content (AvgIpc) is 3.41. The molecule has 4 aromatic rings. The maximum absolute atomic E-state index is 12.6. The van der Waals surface area contributed by atoms with Crippen LogP contribution in [0.3, 0.4) is 0 Å². The van der Waals surface area contributed by atoms with E-state index in [0.717, 1.165) is 33.5 Å². The molecule has 0 aliphatic carbocycles. The molecule has 0 spiro atoms. The van der Waals surface area contributed by atoms with Crippen molar-refractivity contribution >= 4 is 34.0 Å². The van der Waals surface area contributed by atoms with Gasteiger partial charge in [-0.3, -0.25) is 9.20 Å². The van der Waals surface area contributed by atoms with Crippen molar-refractivity contribution in [2.24, 2.45) is 7.05 Å². The average molecular weight is 413 g/mol. The van der Waals surface area contributed by atoms with Gasteiger partial charge in [-0.2, -0.15) is 0 Å². The molecule has 0 bridgehead atoms. The highest BCUT2D eigenvalue weighted by Crippen LogP contribution is 2.24. The molecule has 0 radical (unpaired) electrons. The number of benzene rings is 1. The first-order chi connectivity index (χ1) is 13.7. The van der Waals surface area contributed by atoms with E-state index in [9.17, 15) is 4.79 Å². The Kier molecular flexibility index (Phi) is 5.45. The number of thiazole rings is 1. The number of hydrogen-bond acceptors (Lipinski definition) is 6. The van der Waals surface area contributed by atoms with E-state index in [-0.39, 0.29) is 5.91 Å². The summed E-state index contributed by atoms with van der Waals surface area (Å²) < 4.78 is 3.72. The lowest BCUT2D eigenvalue weighted by Gasteiger charge is -2.04. The van der Waals surface area contributed by atoms with Crippen LogP contribution < -0.4 is 5.32 Å². The molecule has 0 fully saturated rings. The Morgan fingerprint density at radius 2 is 2.11 bits per heavy atom. The monoisotopic (exact) mass is 412 g/mol. The van der Waals surface area contributed by atoms with Gasteiger partial charge in [0.15, 0.2) is 10.1 Å². The van der Waals surface area contributed by atoms with Crippen LogP contribution in [0.4, 0.5) is 0 Å². The fraction of sp³-hybridized carbons (Fsp3) is 0.263. The van der Waals surface area contributed by atoms with Gasteiger partial charge >= 0.3 is 0 Å². The number of carbonyl (C=O) groups excluding carboxylic acids is 1. The quantitative estimate of drug-likeness (QED) is 0.372. The van der Waals surface area contributed by atoms with Crippen molar-refractivity contribution in [3.63, 3.8) is 0 Å². The summed E-state index contributed by atoms with van der Waals surface area (Å²) in [6, 6.07) is 8.39. The third-order valence-corrected chi connectivity index (χ3v) is 6.26. The van der Waals surface area contributed by atoms with Crippen molar-refractivity contribution < 1.29 is 4.79 Å². The summed E-state index contributed by atoms with van der Waals surface area (Å²) >= 11 is 3.03. The Labute approximate surface area is 170 Å². The highest BCUT2D eigenvalue weighted by Gasteiger charge is 2.15. The first-order valence-corrected chi connectivity index (χ1v) is 10.8. The number of carbonyl (C=O) groups is 1. The van der Waals surface area contributed by atoms with Crippen molar-refractivity contribution in [2.45, 2.75) is 18.5 Å². The molecule has 0 unspecified atom stereocenters. The van der Waals surface area contributed by atoms with Crippen molar-refractivity contribution in [3.8, 4) is 11.3 Å². The van der Waals surface area contributed by atoms with Crippen molar-refractivity contribution in [3.05, 3.63) is 53.4 Å². The van der Waals surface area contributed by atoms with Crippen molar-refractivity contribution in [2.75, 3.05) is 12.3 Å².